The number of hydrogen-bond acceptors (Lipinski definition) is 6. The summed E-state index contributed by atoms with van der Waals surface area (Å²) >= 11 is 0. The van der Waals surface area contributed by atoms with Gasteiger partial charge in [0, 0.05) is 11.1 Å². The summed E-state index contributed by atoms with van der Waals surface area (Å²) in [4.78, 5) is 23.7. The maximum absolute atomic E-state index is 11.9. The zero-order valence-corrected chi connectivity index (χ0v) is 16.6. The highest BCUT2D eigenvalue weighted by Gasteiger charge is 2.08. The lowest BCUT2D eigenvalue weighted by Crippen LogP contribution is -2.27. The number of hydrazone groups is 2. The maximum atomic E-state index is 11.9. The first-order valence-corrected chi connectivity index (χ1v) is 9.08. The van der Waals surface area contributed by atoms with Crippen molar-refractivity contribution in [2.45, 2.75) is 6.42 Å². The number of hydrogen-bond donors (Lipinski definition) is 2. The number of carbonyl (C=O) groups excluding carboxylic acids is 2. The van der Waals surface area contributed by atoms with Gasteiger partial charge in [-0.25, -0.2) is 10.9 Å². The summed E-state index contributed by atoms with van der Waals surface area (Å²) in [5.41, 5.74) is 5.78. The lowest BCUT2D eigenvalue weighted by atomic mass is 10.2. The van der Waals surface area contributed by atoms with Crippen LogP contribution in [0.5, 0.6) is 11.5 Å². The molecule has 0 fully saturated rings. The highest BCUT2D eigenvalue weighted by molar-refractivity contribution is 5.97. The molecule has 8 heteroatoms. The van der Waals surface area contributed by atoms with E-state index >= 15 is 0 Å². The van der Waals surface area contributed by atoms with Crippen molar-refractivity contribution in [3.05, 3.63) is 59.7 Å². The van der Waals surface area contributed by atoms with Crippen LogP contribution in [0.15, 0.2) is 58.7 Å². The summed E-state index contributed by atoms with van der Waals surface area (Å²) in [6.45, 7) is 0.219. The van der Waals surface area contributed by atoms with Crippen LogP contribution in [0.25, 0.3) is 0 Å². The Morgan fingerprint density at radius 2 is 1.23 bits per heavy atom. The van der Waals surface area contributed by atoms with Crippen LogP contribution in [0.3, 0.4) is 0 Å². The normalized spacial score (nSPS) is 10.3. The summed E-state index contributed by atoms with van der Waals surface area (Å²) in [5, 5.41) is 7.65. The zero-order valence-electron chi connectivity index (χ0n) is 16.6. The Morgan fingerprint density at radius 1 is 0.806 bits per heavy atom. The van der Waals surface area contributed by atoms with E-state index in [-0.39, 0.29) is 13.2 Å². The molecule has 0 bridgehead atoms. The van der Waals surface area contributed by atoms with Gasteiger partial charge < -0.3 is 9.47 Å². The fourth-order valence-electron chi connectivity index (χ4n) is 2.25. The average Bonchev–Trinajstić information content (AvgIpc) is 2.77. The molecule has 2 rings (SSSR count). The molecule has 8 nitrogen and oxygen atoms in total. The molecule has 156 valence electrons. The number of nitrogens with one attached hydrogen (secondary N) is 2. The molecule has 0 aliphatic rings. The standard InChI is InChI=1S/C23H20N4O4/c1-3-13-30-20-11-7-5-9-18(20)16-24-26-22(28)15-23(29)27-25-17-19-10-6-8-12-21(19)31-14-4-2/h1-2,5-12,16-17H,13-15H2,(H,26,28)(H,27,29)/b24-16+,25-17+. The minimum Gasteiger partial charge on any atom is -0.480 e. The largest absolute Gasteiger partial charge is 0.480 e. The lowest BCUT2D eigenvalue weighted by molar-refractivity contribution is -0.129. The van der Waals surface area contributed by atoms with E-state index in [0.717, 1.165) is 0 Å². The van der Waals surface area contributed by atoms with Crippen molar-refractivity contribution in [2.24, 2.45) is 10.2 Å². The summed E-state index contributed by atoms with van der Waals surface area (Å²) < 4.78 is 10.8. The molecule has 0 saturated heterocycles. The van der Waals surface area contributed by atoms with Crippen LogP contribution in [0.1, 0.15) is 17.5 Å². The fourth-order valence-corrected chi connectivity index (χ4v) is 2.25. The molecule has 2 aromatic rings. The van der Waals surface area contributed by atoms with E-state index in [4.69, 9.17) is 22.3 Å². The van der Waals surface area contributed by atoms with Gasteiger partial charge in [-0.1, -0.05) is 36.1 Å². The third kappa shape index (κ3) is 8.14. The van der Waals surface area contributed by atoms with Crippen molar-refractivity contribution in [2.75, 3.05) is 13.2 Å². The van der Waals surface area contributed by atoms with Gasteiger partial charge in [-0.3, -0.25) is 9.59 Å². The van der Waals surface area contributed by atoms with Crippen molar-refractivity contribution in [3.63, 3.8) is 0 Å². The van der Waals surface area contributed by atoms with E-state index in [9.17, 15) is 9.59 Å². The molecule has 0 heterocycles. The Kier molecular flexibility index (Phi) is 9.39. The van der Waals surface area contributed by atoms with Gasteiger partial charge in [-0.2, -0.15) is 10.2 Å². The first-order valence-electron chi connectivity index (χ1n) is 9.08. The first kappa shape index (κ1) is 22.7. The first-order chi connectivity index (χ1) is 15.1. The average molecular weight is 416 g/mol. The highest BCUT2D eigenvalue weighted by Crippen LogP contribution is 2.16. The Bertz CT molecular complexity index is 965. The molecular weight excluding hydrogens is 396 g/mol. The number of para-hydroxylation sites is 2. The number of nitrogens with zero attached hydrogens (tertiary/aromatic N) is 2. The Morgan fingerprint density at radius 3 is 1.65 bits per heavy atom. The van der Waals surface area contributed by atoms with Crippen LogP contribution in [0, 0.1) is 24.7 Å². The summed E-state index contributed by atoms with van der Waals surface area (Å²) in [7, 11) is 0. The van der Waals surface area contributed by atoms with Crippen molar-refractivity contribution < 1.29 is 19.1 Å². The smallest absolute Gasteiger partial charge is 0.249 e. The van der Waals surface area contributed by atoms with Gasteiger partial charge in [0.25, 0.3) is 0 Å². The number of terminal acetylenes is 2. The second-order valence-corrected chi connectivity index (χ2v) is 5.82. The van der Waals surface area contributed by atoms with E-state index < -0.39 is 18.2 Å². The van der Waals surface area contributed by atoms with E-state index in [1.165, 1.54) is 12.4 Å². The van der Waals surface area contributed by atoms with E-state index in [0.29, 0.717) is 22.6 Å². The third-order valence-corrected chi connectivity index (χ3v) is 3.57. The van der Waals surface area contributed by atoms with Crippen LogP contribution in [0.2, 0.25) is 0 Å². The number of ether oxygens (including phenoxy) is 2. The van der Waals surface area contributed by atoms with Crippen LogP contribution >= 0.6 is 0 Å². The van der Waals surface area contributed by atoms with Crippen LogP contribution in [0.4, 0.5) is 0 Å². The molecule has 0 atom stereocenters. The van der Waals surface area contributed by atoms with E-state index in [1.54, 1.807) is 48.5 Å². The SMILES string of the molecule is C#CCOc1ccccc1/C=N/NC(=O)CC(=O)N/N=C/c1ccccc1OCC#C. The molecule has 2 N–H and O–H groups in total. The minimum absolute atomic E-state index is 0.110. The molecule has 0 spiro atoms. The van der Waals surface area contributed by atoms with Crippen LogP contribution < -0.4 is 20.3 Å². The fraction of sp³-hybridized carbons (Fsp3) is 0.130. The third-order valence-electron chi connectivity index (χ3n) is 3.57. The molecule has 0 aromatic heterocycles. The van der Waals surface area contributed by atoms with Crippen molar-refractivity contribution >= 4 is 24.2 Å². The summed E-state index contributed by atoms with van der Waals surface area (Å²) in [5.74, 6) is 4.58. The van der Waals surface area contributed by atoms with Crippen molar-refractivity contribution in [3.8, 4) is 36.2 Å². The molecule has 0 radical (unpaired) electrons. The predicted molar refractivity (Wildman–Crippen MR) is 118 cm³/mol. The molecule has 2 aromatic carbocycles. The molecule has 0 aliphatic heterocycles. The summed E-state index contributed by atoms with van der Waals surface area (Å²) in [6.07, 6.45) is 12.7. The molecule has 2 amide bonds. The van der Waals surface area contributed by atoms with Gasteiger partial charge in [0.1, 0.15) is 31.1 Å². The van der Waals surface area contributed by atoms with E-state index in [1.807, 2.05) is 0 Å². The number of carbonyl (C=O) groups is 2. The van der Waals surface area contributed by atoms with Crippen LogP contribution in [-0.2, 0) is 9.59 Å². The number of benzene rings is 2. The number of amides is 2. The van der Waals surface area contributed by atoms with Gasteiger partial charge >= 0.3 is 0 Å². The maximum Gasteiger partial charge on any atom is 0.249 e. The molecular formula is C23H20N4O4. The van der Waals surface area contributed by atoms with Gasteiger partial charge in [0.05, 0.1) is 12.4 Å². The monoisotopic (exact) mass is 416 g/mol. The molecule has 0 saturated carbocycles. The molecule has 0 unspecified atom stereocenters. The Hall–Kier alpha value is -4.56. The van der Waals surface area contributed by atoms with Gasteiger partial charge in [-0.05, 0) is 24.3 Å². The molecule has 0 aliphatic carbocycles. The highest BCUT2D eigenvalue weighted by atomic mass is 16.5. The van der Waals surface area contributed by atoms with Crippen molar-refractivity contribution in [1.82, 2.24) is 10.9 Å². The van der Waals surface area contributed by atoms with Gasteiger partial charge in [0.15, 0.2) is 0 Å². The number of rotatable bonds is 10. The van der Waals surface area contributed by atoms with Crippen molar-refractivity contribution in [1.29, 1.82) is 0 Å². The second-order valence-electron chi connectivity index (χ2n) is 5.82. The van der Waals surface area contributed by atoms with Gasteiger partial charge in [-0.15, -0.1) is 12.8 Å². The predicted octanol–water partition coefficient (Wildman–Crippen LogP) is 1.70. The second kappa shape index (κ2) is 12.8. The van der Waals surface area contributed by atoms with Gasteiger partial charge in [0.2, 0.25) is 11.8 Å². The Labute approximate surface area is 180 Å². The lowest BCUT2D eigenvalue weighted by Gasteiger charge is -2.06. The minimum atomic E-state index is -0.608. The van der Waals surface area contributed by atoms with Crippen LogP contribution in [-0.4, -0.2) is 37.5 Å². The van der Waals surface area contributed by atoms with E-state index in [2.05, 4.69) is 32.9 Å². The molecule has 31 heavy (non-hydrogen) atoms. The summed E-state index contributed by atoms with van der Waals surface area (Å²) in [6, 6.07) is 14.1. The topological polar surface area (TPSA) is 101 Å². The zero-order chi connectivity index (χ0) is 22.3. The Balaban J connectivity index is 1.83. The quantitative estimate of drug-likeness (QED) is 0.266.